The number of para-hydroxylation sites is 1. The van der Waals surface area contributed by atoms with Crippen molar-refractivity contribution in [3.63, 3.8) is 0 Å². The second-order valence-electron chi connectivity index (χ2n) is 6.60. The number of aromatic nitrogens is 2. The molecule has 1 aromatic carbocycles. The van der Waals surface area contributed by atoms with Crippen LogP contribution in [0.2, 0.25) is 10.0 Å². The average Bonchev–Trinajstić information content (AvgIpc) is 3.11. The van der Waals surface area contributed by atoms with E-state index in [1.54, 1.807) is 18.2 Å². The number of nitrogens with one attached hydrogen (secondary N) is 2. The van der Waals surface area contributed by atoms with Crippen LogP contribution < -0.4 is 20.3 Å². The van der Waals surface area contributed by atoms with E-state index in [4.69, 9.17) is 32.4 Å². The first kappa shape index (κ1) is 18.2. The molecule has 0 unspecified atom stereocenters. The Hall–Kier alpha value is -2.81. The van der Waals surface area contributed by atoms with Crippen molar-refractivity contribution in [2.45, 2.75) is 13.0 Å². The third-order valence-electron chi connectivity index (χ3n) is 4.74. The number of nitrogens with zero attached hydrogens (tertiary/aromatic N) is 3. The van der Waals surface area contributed by atoms with Crippen LogP contribution >= 0.6 is 23.2 Å². The van der Waals surface area contributed by atoms with E-state index in [9.17, 15) is 4.79 Å². The molecule has 0 saturated carbocycles. The van der Waals surface area contributed by atoms with E-state index in [0.29, 0.717) is 21.6 Å². The molecule has 0 bridgehead atoms. The van der Waals surface area contributed by atoms with Gasteiger partial charge in [-0.2, -0.15) is 4.98 Å². The van der Waals surface area contributed by atoms with Gasteiger partial charge in [0, 0.05) is 37.3 Å². The Balaban J connectivity index is 1.40. The highest BCUT2D eigenvalue weighted by atomic mass is 35.5. The maximum Gasteiger partial charge on any atom is 0.268 e. The highest BCUT2D eigenvalue weighted by Gasteiger charge is 2.31. The molecule has 0 radical (unpaired) electrons. The molecule has 0 atom stereocenters. The fraction of sp³-hybridized carbons (Fsp3) is 0.211. The second-order valence-corrected chi connectivity index (χ2v) is 7.41. The quantitative estimate of drug-likeness (QED) is 0.651. The van der Waals surface area contributed by atoms with Crippen LogP contribution in [0.15, 0.2) is 34.9 Å². The number of hydrogen-bond acceptors (Lipinski definition) is 7. The molecule has 10 heteroatoms. The van der Waals surface area contributed by atoms with E-state index in [1.807, 2.05) is 6.07 Å². The number of hydrogen-bond donors (Lipinski definition) is 2. The molecule has 1 amide bonds. The third-order valence-corrected chi connectivity index (χ3v) is 5.35. The van der Waals surface area contributed by atoms with E-state index in [2.05, 4.69) is 20.6 Å². The lowest BCUT2D eigenvalue weighted by atomic mass is 10.1. The normalized spacial score (nSPS) is 15.5. The molecular formula is C19H15Cl2N5O3. The zero-order chi connectivity index (χ0) is 20.0. The van der Waals surface area contributed by atoms with Crippen LogP contribution in [-0.2, 0) is 13.0 Å². The molecule has 2 N–H and O–H groups in total. The number of amides is 1. The minimum absolute atomic E-state index is 0.0630. The number of carbonyl (C=O) groups is 1. The van der Waals surface area contributed by atoms with Crippen molar-refractivity contribution in [1.29, 1.82) is 0 Å². The summed E-state index contributed by atoms with van der Waals surface area (Å²) in [6.45, 7) is 1.59. The molecule has 2 aromatic heterocycles. The molecule has 0 spiro atoms. The number of anilines is 3. The lowest BCUT2D eigenvalue weighted by molar-refractivity contribution is 0.0932. The van der Waals surface area contributed by atoms with Crippen molar-refractivity contribution < 1.29 is 13.9 Å². The number of rotatable bonds is 3. The molecular weight excluding hydrogens is 417 g/mol. The number of furan rings is 1. The topological polar surface area (TPSA) is 92.5 Å². The van der Waals surface area contributed by atoms with Gasteiger partial charge < -0.3 is 14.5 Å². The molecule has 3 aromatic rings. The Labute approximate surface area is 175 Å². The first-order valence-electron chi connectivity index (χ1n) is 8.95. The summed E-state index contributed by atoms with van der Waals surface area (Å²) in [6.07, 6.45) is 2.24. The Bertz CT molecular complexity index is 1070. The van der Waals surface area contributed by atoms with Crippen LogP contribution in [0, 0.1) is 0 Å². The van der Waals surface area contributed by atoms with Gasteiger partial charge in [-0.15, -0.1) is 0 Å². The fourth-order valence-corrected chi connectivity index (χ4v) is 3.95. The zero-order valence-electron chi connectivity index (χ0n) is 15.0. The van der Waals surface area contributed by atoms with Crippen LogP contribution in [0.5, 0.6) is 5.88 Å². The number of carbonyl (C=O) groups excluding carboxylic acids is 1. The summed E-state index contributed by atoms with van der Waals surface area (Å²) in [5.74, 6) is 1.62. The van der Waals surface area contributed by atoms with Gasteiger partial charge >= 0.3 is 0 Å². The molecule has 5 rings (SSSR count). The maximum atomic E-state index is 12.9. The van der Waals surface area contributed by atoms with Gasteiger partial charge in [0.15, 0.2) is 12.6 Å². The number of ether oxygens (including phenoxy) is 1. The standard InChI is InChI=1S/C19H15Cl2N5O3/c20-12-2-1-3-13(21)16(12)26-9-28-17-11(18(26)27)8-23-19(25-17)24-15-6-10-7-22-5-4-14(10)29-15/h1-3,6,8,22H,4-5,7,9H2,(H,23,24,25). The predicted octanol–water partition coefficient (Wildman–Crippen LogP) is 3.76. The molecule has 0 fully saturated rings. The Morgan fingerprint density at radius 3 is 2.86 bits per heavy atom. The summed E-state index contributed by atoms with van der Waals surface area (Å²) in [5.41, 5.74) is 1.72. The van der Waals surface area contributed by atoms with Crippen molar-refractivity contribution in [3.8, 4) is 5.88 Å². The average molecular weight is 432 g/mol. The van der Waals surface area contributed by atoms with Crippen molar-refractivity contribution in [1.82, 2.24) is 15.3 Å². The third kappa shape index (κ3) is 3.29. The van der Waals surface area contributed by atoms with Crippen molar-refractivity contribution in [2.75, 3.05) is 23.5 Å². The first-order valence-corrected chi connectivity index (χ1v) is 9.71. The van der Waals surface area contributed by atoms with E-state index in [0.717, 1.165) is 30.8 Å². The summed E-state index contributed by atoms with van der Waals surface area (Å²) in [5, 5.41) is 7.02. The Morgan fingerprint density at radius 2 is 2.07 bits per heavy atom. The number of halogens is 2. The largest absolute Gasteiger partial charge is 0.455 e. The maximum absolute atomic E-state index is 12.9. The molecule has 2 aliphatic heterocycles. The molecule has 4 heterocycles. The monoisotopic (exact) mass is 431 g/mol. The van der Waals surface area contributed by atoms with Crippen molar-refractivity contribution >= 4 is 46.6 Å². The van der Waals surface area contributed by atoms with Crippen LogP contribution in [-0.4, -0.2) is 29.2 Å². The lowest BCUT2D eigenvalue weighted by Gasteiger charge is -2.29. The SMILES string of the molecule is O=C1c2cnc(Nc3cc4c(o3)CCNC4)nc2OCN1c1c(Cl)cccc1Cl. The minimum Gasteiger partial charge on any atom is -0.455 e. The van der Waals surface area contributed by atoms with Gasteiger partial charge in [0.2, 0.25) is 11.8 Å². The van der Waals surface area contributed by atoms with E-state index < -0.39 is 0 Å². The van der Waals surface area contributed by atoms with Crippen molar-refractivity contribution in [2.24, 2.45) is 0 Å². The first-order chi connectivity index (χ1) is 14.1. The summed E-state index contributed by atoms with van der Waals surface area (Å²) in [6, 6.07) is 6.94. The van der Waals surface area contributed by atoms with E-state index in [1.165, 1.54) is 11.1 Å². The molecule has 2 aliphatic rings. The van der Waals surface area contributed by atoms with Gasteiger partial charge in [0.05, 0.1) is 15.7 Å². The van der Waals surface area contributed by atoms with Crippen LogP contribution in [0.1, 0.15) is 21.7 Å². The van der Waals surface area contributed by atoms with Gasteiger partial charge in [-0.3, -0.25) is 15.0 Å². The van der Waals surface area contributed by atoms with Crippen LogP contribution in [0.25, 0.3) is 0 Å². The summed E-state index contributed by atoms with van der Waals surface area (Å²) >= 11 is 12.4. The summed E-state index contributed by atoms with van der Waals surface area (Å²) in [4.78, 5) is 22.8. The van der Waals surface area contributed by atoms with Gasteiger partial charge in [0.25, 0.3) is 5.91 Å². The van der Waals surface area contributed by atoms with Gasteiger partial charge in [0.1, 0.15) is 11.3 Å². The molecule has 0 aliphatic carbocycles. The summed E-state index contributed by atoms with van der Waals surface area (Å²) in [7, 11) is 0. The predicted molar refractivity (Wildman–Crippen MR) is 108 cm³/mol. The molecule has 148 valence electrons. The highest BCUT2D eigenvalue weighted by Crippen LogP contribution is 2.37. The molecule has 0 saturated heterocycles. The van der Waals surface area contributed by atoms with E-state index >= 15 is 0 Å². The van der Waals surface area contributed by atoms with Crippen LogP contribution in [0.4, 0.5) is 17.5 Å². The molecule has 8 nitrogen and oxygen atoms in total. The van der Waals surface area contributed by atoms with Crippen LogP contribution in [0.3, 0.4) is 0 Å². The molecule has 29 heavy (non-hydrogen) atoms. The van der Waals surface area contributed by atoms with Gasteiger partial charge in [-0.1, -0.05) is 29.3 Å². The smallest absolute Gasteiger partial charge is 0.268 e. The fourth-order valence-electron chi connectivity index (χ4n) is 3.35. The van der Waals surface area contributed by atoms with E-state index in [-0.39, 0.29) is 30.0 Å². The number of fused-ring (bicyclic) bond motifs is 2. The highest BCUT2D eigenvalue weighted by molar-refractivity contribution is 6.40. The summed E-state index contributed by atoms with van der Waals surface area (Å²) < 4.78 is 11.5. The number of benzene rings is 1. The van der Waals surface area contributed by atoms with Crippen molar-refractivity contribution in [3.05, 3.63) is 57.4 Å². The van der Waals surface area contributed by atoms with Gasteiger partial charge in [-0.05, 0) is 12.1 Å². The second kappa shape index (κ2) is 7.22. The Kier molecular flexibility index (Phi) is 4.54. The Morgan fingerprint density at radius 1 is 1.24 bits per heavy atom. The van der Waals surface area contributed by atoms with Gasteiger partial charge in [-0.25, -0.2) is 4.98 Å². The minimum atomic E-state index is -0.340. The lowest BCUT2D eigenvalue weighted by Crippen LogP contribution is -2.39. The zero-order valence-corrected chi connectivity index (χ0v) is 16.5.